The number of esters is 1. The molecule has 2 N–H and O–H groups in total. The van der Waals surface area contributed by atoms with Gasteiger partial charge in [0, 0.05) is 0 Å². The third kappa shape index (κ3) is 1.84. The molecule has 0 spiro atoms. The lowest BCUT2D eigenvalue weighted by molar-refractivity contribution is -0.146. The number of nitrogen functional groups attached to an aromatic ring is 1. The zero-order chi connectivity index (χ0) is 10.8. The van der Waals surface area contributed by atoms with Crippen molar-refractivity contribution in [2.75, 3.05) is 12.8 Å². The molecule has 4 heteroatoms. The fourth-order valence-corrected chi connectivity index (χ4v) is 1.13. The lowest BCUT2D eigenvalue weighted by Gasteiger charge is -2.20. The second kappa shape index (κ2) is 3.65. The molecule has 0 unspecified atom stereocenters. The van der Waals surface area contributed by atoms with Crippen LogP contribution in [0.15, 0.2) is 18.3 Å². The van der Waals surface area contributed by atoms with Gasteiger partial charge in [-0.15, -0.1) is 0 Å². The highest BCUT2D eigenvalue weighted by Crippen LogP contribution is 2.22. The quantitative estimate of drug-likeness (QED) is 0.716. The maximum atomic E-state index is 11.4. The van der Waals surface area contributed by atoms with Crippen molar-refractivity contribution in [3.05, 3.63) is 24.0 Å². The van der Waals surface area contributed by atoms with Gasteiger partial charge in [-0.3, -0.25) is 9.78 Å². The summed E-state index contributed by atoms with van der Waals surface area (Å²) < 4.78 is 4.69. The molecule has 0 fully saturated rings. The molecule has 1 aromatic heterocycles. The Hall–Kier alpha value is -1.58. The van der Waals surface area contributed by atoms with E-state index >= 15 is 0 Å². The van der Waals surface area contributed by atoms with Crippen LogP contribution in [0.3, 0.4) is 0 Å². The van der Waals surface area contributed by atoms with Crippen LogP contribution in [0, 0.1) is 0 Å². The Morgan fingerprint density at radius 2 is 2.14 bits per heavy atom. The average molecular weight is 194 g/mol. The molecule has 0 aromatic carbocycles. The number of nitrogens with two attached hydrogens (primary N) is 1. The van der Waals surface area contributed by atoms with Crippen LogP contribution >= 0.6 is 0 Å². The number of pyridine rings is 1. The van der Waals surface area contributed by atoms with Crippen LogP contribution in [0.25, 0.3) is 0 Å². The van der Waals surface area contributed by atoms with E-state index in [0.717, 1.165) is 0 Å². The molecule has 0 bridgehead atoms. The van der Waals surface area contributed by atoms with Crippen LogP contribution in [0.4, 0.5) is 5.69 Å². The molecule has 0 amide bonds. The normalized spacial score (nSPS) is 11.1. The summed E-state index contributed by atoms with van der Waals surface area (Å²) in [5, 5.41) is 0. The van der Waals surface area contributed by atoms with Crippen molar-refractivity contribution >= 4 is 11.7 Å². The van der Waals surface area contributed by atoms with E-state index in [1.807, 2.05) is 0 Å². The second-order valence-electron chi connectivity index (χ2n) is 3.59. The monoisotopic (exact) mass is 194 g/mol. The van der Waals surface area contributed by atoms with Gasteiger partial charge in [0.15, 0.2) is 0 Å². The number of hydrogen-bond donors (Lipinski definition) is 1. The lowest BCUT2D eigenvalue weighted by Crippen LogP contribution is -2.31. The number of nitrogens with zero attached hydrogens (tertiary/aromatic N) is 1. The van der Waals surface area contributed by atoms with Crippen molar-refractivity contribution in [1.29, 1.82) is 0 Å². The van der Waals surface area contributed by atoms with E-state index in [1.54, 1.807) is 26.0 Å². The molecular formula is C10H14N2O2. The van der Waals surface area contributed by atoms with Crippen LogP contribution in [0.2, 0.25) is 0 Å². The van der Waals surface area contributed by atoms with Gasteiger partial charge in [0.05, 0.1) is 24.7 Å². The third-order valence-electron chi connectivity index (χ3n) is 2.12. The predicted molar refractivity (Wildman–Crippen MR) is 53.7 cm³/mol. The van der Waals surface area contributed by atoms with E-state index in [1.165, 1.54) is 13.3 Å². The highest BCUT2D eigenvalue weighted by molar-refractivity contribution is 5.81. The standard InChI is InChI=1S/C10H14N2O2/c1-10(2,9(13)14-3)8-5-4-7(11)6-12-8/h4-6H,11H2,1-3H3. The van der Waals surface area contributed by atoms with Gasteiger partial charge in [0.2, 0.25) is 0 Å². The van der Waals surface area contributed by atoms with Gasteiger partial charge in [-0.25, -0.2) is 0 Å². The zero-order valence-electron chi connectivity index (χ0n) is 8.57. The van der Waals surface area contributed by atoms with E-state index in [-0.39, 0.29) is 5.97 Å². The van der Waals surface area contributed by atoms with Crippen molar-refractivity contribution in [2.24, 2.45) is 0 Å². The maximum Gasteiger partial charge on any atom is 0.317 e. The molecule has 1 heterocycles. The second-order valence-corrected chi connectivity index (χ2v) is 3.59. The highest BCUT2D eigenvalue weighted by atomic mass is 16.5. The Morgan fingerprint density at radius 1 is 1.50 bits per heavy atom. The van der Waals surface area contributed by atoms with E-state index in [0.29, 0.717) is 11.4 Å². The van der Waals surface area contributed by atoms with Gasteiger partial charge in [-0.05, 0) is 26.0 Å². The first-order valence-corrected chi connectivity index (χ1v) is 4.29. The zero-order valence-corrected chi connectivity index (χ0v) is 8.57. The number of carbonyl (C=O) groups excluding carboxylic acids is 1. The van der Waals surface area contributed by atoms with Gasteiger partial charge in [-0.1, -0.05) is 0 Å². The number of carbonyl (C=O) groups is 1. The van der Waals surface area contributed by atoms with Gasteiger partial charge >= 0.3 is 5.97 Å². The summed E-state index contributed by atoms with van der Waals surface area (Å²) in [4.78, 5) is 15.5. The summed E-state index contributed by atoms with van der Waals surface area (Å²) in [6, 6.07) is 3.44. The van der Waals surface area contributed by atoms with E-state index < -0.39 is 5.41 Å². The maximum absolute atomic E-state index is 11.4. The van der Waals surface area contributed by atoms with E-state index in [2.05, 4.69) is 9.72 Å². The fourth-order valence-electron chi connectivity index (χ4n) is 1.13. The molecular weight excluding hydrogens is 180 g/mol. The lowest BCUT2D eigenvalue weighted by atomic mass is 9.89. The van der Waals surface area contributed by atoms with E-state index in [9.17, 15) is 4.79 Å². The average Bonchev–Trinajstić information content (AvgIpc) is 2.17. The number of rotatable bonds is 2. The molecule has 4 nitrogen and oxygen atoms in total. The fraction of sp³-hybridized carbons (Fsp3) is 0.400. The van der Waals surface area contributed by atoms with Crippen LogP contribution < -0.4 is 5.73 Å². The largest absolute Gasteiger partial charge is 0.468 e. The Bertz CT molecular complexity index is 330. The number of anilines is 1. The molecule has 0 aliphatic rings. The summed E-state index contributed by atoms with van der Waals surface area (Å²) >= 11 is 0. The summed E-state index contributed by atoms with van der Waals surface area (Å²) in [5.41, 5.74) is 6.00. The molecule has 0 aliphatic heterocycles. The van der Waals surface area contributed by atoms with Crippen LogP contribution in [-0.2, 0) is 14.9 Å². The molecule has 14 heavy (non-hydrogen) atoms. The molecule has 1 aromatic rings. The molecule has 76 valence electrons. The number of hydrogen-bond acceptors (Lipinski definition) is 4. The highest BCUT2D eigenvalue weighted by Gasteiger charge is 2.32. The van der Waals surface area contributed by atoms with Crippen molar-refractivity contribution in [3.8, 4) is 0 Å². The smallest absolute Gasteiger partial charge is 0.317 e. The Kier molecular flexibility index (Phi) is 2.74. The first-order valence-electron chi connectivity index (χ1n) is 4.29. The summed E-state index contributed by atoms with van der Waals surface area (Å²) in [6.45, 7) is 3.52. The van der Waals surface area contributed by atoms with Crippen molar-refractivity contribution in [3.63, 3.8) is 0 Å². The SMILES string of the molecule is COC(=O)C(C)(C)c1ccc(N)cn1. The summed E-state index contributed by atoms with van der Waals surface area (Å²) in [7, 11) is 1.36. The van der Waals surface area contributed by atoms with Crippen molar-refractivity contribution < 1.29 is 9.53 Å². The van der Waals surface area contributed by atoms with Gasteiger partial charge in [-0.2, -0.15) is 0 Å². The van der Waals surface area contributed by atoms with Crippen molar-refractivity contribution in [2.45, 2.75) is 19.3 Å². The summed E-state index contributed by atoms with van der Waals surface area (Å²) in [5.74, 6) is -0.310. The predicted octanol–water partition coefficient (Wildman–Crippen LogP) is 1.11. The molecule has 0 radical (unpaired) electrons. The van der Waals surface area contributed by atoms with Crippen molar-refractivity contribution in [1.82, 2.24) is 4.98 Å². The van der Waals surface area contributed by atoms with Crippen LogP contribution in [-0.4, -0.2) is 18.1 Å². The number of methoxy groups -OCH3 is 1. The van der Waals surface area contributed by atoms with Gasteiger partial charge in [0.25, 0.3) is 0 Å². The first-order chi connectivity index (χ1) is 6.48. The minimum Gasteiger partial charge on any atom is -0.468 e. The number of ether oxygens (including phenoxy) is 1. The van der Waals surface area contributed by atoms with Gasteiger partial charge < -0.3 is 10.5 Å². The van der Waals surface area contributed by atoms with Gasteiger partial charge in [0.1, 0.15) is 5.41 Å². The molecule has 0 atom stereocenters. The third-order valence-corrected chi connectivity index (χ3v) is 2.12. The first kappa shape index (κ1) is 10.5. The molecule has 1 rings (SSSR count). The summed E-state index contributed by atoms with van der Waals surface area (Å²) in [6.07, 6.45) is 1.53. The molecule has 0 saturated heterocycles. The molecule has 0 saturated carbocycles. The Balaban J connectivity index is 3.03. The van der Waals surface area contributed by atoms with Crippen LogP contribution in [0.1, 0.15) is 19.5 Å². The Morgan fingerprint density at radius 3 is 2.57 bits per heavy atom. The minimum absolute atomic E-state index is 0.310. The topological polar surface area (TPSA) is 65.2 Å². The van der Waals surface area contributed by atoms with E-state index in [4.69, 9.17) is 5.73 Å². The number of aromatic nitrogens is 1. The minimum atomic E-state index is -0.734. The Labute approximate surface area is 83.1 Å². The molecule has 0 aliphatic carbocycles. The van der Waals surface area contributed by atoms with Crippen LogP contribution in [0.5, 0.6) is 0 Å².